The summed E-state index contributed by atoms with van der Waals surface area (Å²) in [5, 5.41) is 3.73. The topological polar surface area (TPSA) is 24.5 Å². The van der Waals surface area contributed by atoms with Crippen LogP contribution in [0.2, 0.25) is 0 Å². The maximum Gasteiger partial charge on any atom is 0.0507 e. The van der Waals surface area contributed by atoms with Crippen LogP contribution in [0.4, 0.5) is 0 Å². The van der Waals surface area contributed by atoms with E-state index >= 15 is 0 Å². The van der Waals surface area contributed by atoms with Gasteiger partial charge in [0.05, 0.1) is 6.61 Å². The number of nitrogens with zero attached hydrogens (tertiary/aromatic N) is 1. The van der Waals surface area contributed by atoms with Crippen molar-refractivity contribution in [2.75, 3.05) is 32.8 Å². The minimum atomic E-state index is 0.690. The van der Waals surface area contributed by atoms with Crippen LogP contribution in [0.15, 0.2) is 0 Å². The third kappa shape index (κ3) is 3.94. The molecule has 0 radical (unpaired) electrons. The Labute approximate surface area is 112 Å². The van der Waals surface area contributed by atoms with Crippen molar-refractivity contribution >= 4 is 0 Å². The van der Waals surface area contributed by atoms with E-state index in [9.17, 15) is 0 Å². The molecule has 1 N–H and O–H groups in total. The molecule has 3 nitrogen and oxygen atoms in total. The smallest absolute Gasteiger partial charge is 0.0507 e. The molecule has 3 heteroatoms. The Morgan fingerprint density at radius 2 is 2.22 bits per heavy atom. The van der Waals surface area contributed by atoms with Crippen LogP contribution in [0.5, 0.6) is 0 Å². The van der Waals surface area contributed by atoms with E-state index in [1.165, 1.54) is 38.9 Å². The molecule has 2 aliphatic rings. The summed E-state index contributed by atoms with van der Waals surface area (Å²) in [6.45, 7) is 12.6. The monoisotopic (exact) mass is 254 g/mol. The van der Waals surface area contributed by atoms with Crippen molar-refractivity contribution in [1.29, 1.82) is 0 Å². The van der Waals surface area contributed by atoms with Gasteiger partial charge < -0.3 is 10.1 Å². The summed E-state index contributed by atoms with van der Waals surface area (Å²) in [4.78, 5) is 2.73. The second-order valence-electron chi connectivity index (χ2n) is 6.48. The second-order valence-corrected chi connectivity index (χ2v) is 6.48. The standard InChI is InChI=1S/C15H30N2O/c1-4-15-8-16-14(7-12(2)3)10-17(15)9-13-5-6-18-11-13/h12-16H,4-11H2,1-3H3. The first-order valence-corrected chi connectivity index (χ1v) is 7.74. The fraction of sp³-hybridized carbons (Fsp3) is 1.00. The lowest BCUT2D eigenvalue weighted by molar-refractivity contribution is 0.0937. The molecule has 18 heavy (non-hydrogen) atoms. The molecule has 2 fully saturated rings. The maximum absolute atomic E-state index is 5.52. The molecule has 0 aromatic rings. The van der Waals surface area contributed by atoms with Crippen LogP contribution in [-0.4, -0.2) is 49.8 Å². The van der Waals surface area contributed by atoms with Crippen molar-refractivity contribution in [1.82, 2.24) is 10.2 Å². The lowest BCUT2D eigenvalue weighted by atomic mass is 9.97. The fourth-order valence-corrected chi connectivity index (χ4v) is 3.34. The highest BCUT2D eigenvalue weighted by Crippen LogP contribution is 2.20. The number of piperazine rings is 1. The number of hydrogen-bond acceptors (Lipinski definition) is 3. The minimum Gasteiger partial charge on any atom is -0.381 e. The molecule has 2 rings (SSSR count). The molecule has 0 bridgehead atoms. The average Bonchev–Trinajstić information content (AvgIpc) is 2.81. The van der Waals surface area contributed by atoms with E-state index in [0.29, 0.717) is 6.04 Å². The summed E-state index contributed by atoms with van der Waals surface area (Å²) >= 11 is 0. The lowest BCUT2D eigenvalue weighted by Crippen LogP contribution is -2.57. The van der Waals surface area contributed by atoms with Crippen LogP contribution in [0, 0.1) is 11.8 Å². The predicted molar refractivity (Wildman–Crippen MR) is 75.8 cm³/mol. The maximum atomic E-state index is 5.52. The Morgan fingerprint density at radius 1 is 1.39 bits per heavy atom. The molecule has 3 unspecified atom stereocenters. The quantitative estimate of drug-likeness (QED) is 0.813. The zero-order valence-corrected chi connectivity index (χ0v) is 12.3. The molecule has 0 aliphatic carbocycles. The highest BCUT2D eigenvalue weighted by atomic mass is 16.5. The molecule has 2 aliphatic heterocycles. The van der Waals surface area contributed by atoms with Crippen LogP contribution in [0.25, 0.3) is 0 Å². The Morgan fingerprint density at radius 3 is 2.83 bits per heavy atom. The summed E-state index contributed by atoms with van der Waals surface area (Å²) < 4.78 is 5.52. The van der Waals surface area contributed by atoms with Gasteiger partial charge in [-0.3, -0.25) is 4.90 Å². The van der Waals surface area contributed by atoms with E-state index < -0.39 is 0 Å². The third-order valence-corrected chi connectivity index (χ3v) is 4.36. The third-order valence-electron chi connectivity index (χ3n) is 4.36. The van der Waals surface area contributed by atoms with Gasteiger partial charge in [0.25, 0.3) is 0 Å². The summed E-state index contributed by atoms with van der Waals surface area (Å²) in [7, 11) is 0. The van der Waals surface area contributed by atoms with Gasteiger partial charge in [-0.1, -0.05) is 20.8 Å². The highest BCUT2D eigenvalue weighted by molar-refractivity contribution is 4.87. The summed E-state index contributed by atoms with van der Waals surface area (Å²) in [6.07, 6.45) is 3.82. The zero-order chi connectivity index (χ0) is 13.0. The second kappa shape index (κ2) is 6.88. The summed E-state index contributed by atoms with van der Waals surface area (Å²) in [6, 6.07) is 1.42. The van der Waals surface area contributed by atoms with Crippen molar-refractivity contribution in [2.24, 2.45) is 11.8 Å². The zero-order valence-electron chi connectivity index (χ0n) is 12.3. The van der Waals surface area contributed by atoms with Crippen molar-refractivity contribution < 1.29 is 4.74 Å². The summed E-state index contributed by atoms with van der Waals surface area (Å²) in [5.41, 5.74) is 0. The molecule has 106 valence electrons. The first kappa shape index (κ1) is 14.3. The first-order valence-electron chi connectivity index (χ1n) is 7.74. The van der Waals surface area contributed by atoms with Gasteiger partial charge in [0.15, 0.2) is 0 Å². The van der Waals surface area contributed by atoms with Gasteiger partial charge in [-0.05, 0) is 31.1 Å². The molecular weight excluding hydrogens is 224 g/mol. The average molecular weight is 254 g/mol. The van der Waals surface area contributed by atoms with Gasteiger partial charge in [-0.25, -0.2) is 0 Å². The Bertz CT molecular complexity index is 239. The van der Waals surface area contributed by atoms with Crippen molar-refractivity contribution in [3.63, 3.8) is 0 Å². The van der Waals surface area contributed by atoms with E-state index in [-0.39, 0.29) is 0 Å². The minimum absolute atomic E-state index is 0.690. The van der Waals surface area contributed by atoms with Gasteiger partial charge in [0, 0.05) is 38.3 Å². The normalized spacial score (nSPS) is 34.3. The van der Waals surface area contributed by atoms with Crippen LogP contribution >= 0.6 is 0 Å². The van der Waals surface area contributed by atoms with Crippen LogP contribution in [0.1, 0.15) is 40.0 Å². The van der Waals surface area contributed by atoms with Crippen LogP contribution in [-0.2, 0) is 4.74 Å². The first-order chi connectivity index (χ1) is 8.69. The number of nitrogens with one attached hydrogen (secondary N) is 1. The fourth-order valence-electron chi connectivity index (χ4n) is 3.34. The van der Waals surface area contributed by atoms with E-state index in [1.807, 2.05) is 0 Å². The van der Waals surface area contributed by atoms with E-state index in [0.717, 1.165) is 31.1 Å². The van der Waals surface area contributed by atoms with Crippen molar-refractivity contribution in [3.05, 3.63) is 0 Å². The lowest BCUT2D eigenvalue weighted by Gasteiger charge is -2.41. The SMILES string of the molecule is CCC1CNC(CC(C)C)CN1CC1CCOC1. The molecule has 3 atom stereocenters. The molecule has 0 spiro atoms. The van der Waals surface area contributed by atoms with Crippen LogP contribution < -0.4 is 5.32 Å². The van der Waals surface area contributed by atoms with Gasteiger partial charge in [0.2, 0.25) is 0 Å². The number of hydrogen-bond donors (Lipinski definition) is 1. The van der Waals surface area contributed by atoms with Crippen LogP contribution in [0.3, 0.4) is 0 Å². The molecule has 0 saturated carbocycles. The largest absolute Gasteiger partial charge is 0.381 e. The molecule has 0 amide bonds. The van der Waals surface area contributed by atoms with E-state index in [1.54, 1.807) is 0 Å². The summed E-state index contributed by atoms with van der Waals surface area (Å²) in [5.74, 6) is 1.56. The van der Waals surface area contributed by atoms with Gasteiger partial charge in [-0.15, -0.1) is 0 Å². The Kier molecular flexibility index (Phi) is 5.46. The molecule has 2 heterocycles. The number of ether oxygens (including phenoxy) is 1. The van der Waals surface area contributed by atoms with Crippen molar-refractivity contribution in [3.8, 4) is 0 Å². The number of rotatable bonds is 5. The van der Waals surface area contributed by atoms with Crippen molar-refractivity contribution in [2.45, 2.75) is 52.1 Å². The molecule has 0 aromatic heterocycles. The van der Waals surface area contributed by atoms with Gasteiger partial charge in [0.1, 0.15) is 0 Å². The highest BCUT2D eigenvalue weighted by Gasteiger charge is 2.29. The molecule has 0 aromatic carbocycles. The van der Waals surface area contributed by atoms with Gasteiger partial charge in [-0.2, -0.15) is 0 Å². The van der Waals surface area contributed by atoms with E-state index in [4.69, 9.17) is 4.74 Å². The van der Waals surface area contributed by atoms with Gasteiger partial charge >= 0.3 is 0 Å². The molecule has 2 saturated heterocycles. The Hall–Kier alpha value is -0.120. The molecular formula is C15H30N2O. The predicted octanol–water partition coefficient (Wildman–Crippen LogP) is 2.12. The van der Waals surface area contributed by atoms with E-state index in [2.05, 4.69) is 31.0 Å². The Balaban J connectivity index is 1.85.